The van der Waals surface area contributed by atoms with Crippen molar-refractivity contribution >= 4 is 17.9 Å². The third kappa shape index (κ3) is 3.58. The molecule has 0 amide bonds. The topological polar surface area (TPSA) is 99.1 Å². The lowest BCUT2D eigenvalue weighted by atomic mass is 9.45. The molecule has 3 aliphatic carbocycles. The van der Waals surface area contributed by atoms with Crippen molar-refractivity contribution in [3.05, 3.63) is 23.8 Å². The SMILES string of the molecule is C=C[C@]1(C)CCC2=C([C@H]1OC(C)=O)[C@H](OC(C)=O)C[C@@H]1[C@]2(C)[C@@H](O)CC[C@@]1(C)C(=O)OC. The quantitative estimate of drug-likeness (QED) is 0.399. The number of carbonyl (C=O) groups excluding carboxylic acids is 3. The van der Waals surface area contributed by atoms with Gasteiger partial charge >= 0.3 is 17.9 Å². The Kier molecular flexibility index (Phi) is 6.37. The molecule has 0 aromatic carbocycles. The van der Waals surface area contributed by atoms with E-state index in [4.69, 9.17) is 14.2 Å². The predicted octanol–water partition coefficient (Wildman–Crippen LogP) is 3.49. The van der Waals surface area contributed by atoms with Gasteiger partial charge in [0.15, 0.2) is 0 Å². The Morgan fingerprint density at radius 2 is 1.72 bits per heavy atom. The van der Waals surface area contributed by atoms with Crippen LogP contribution in [0.2, 0.25) is 0 Å². The van der Waals surface area contributed by atoms with Gasteiger partial charge < -0.3 is 19.3 Å². The van der Waals surface area contributed by atoms with Crippen LogP contribution in [0.3, 0.4) is 0 Å². The van der Waals surface area contributed by atoms with E-state index in [1.54, 1.807) is 6.08 Å². The van der Waals surface area contributed by atoms with E-state index in [1.807, 2.05) is 20.8 Å². The Labute approximate surface area is 190 Å². The molecule has 7 nitrogen and oxygen atoms in total. The zero-order chi connectivity index (χ0) is 24.1. The highest BCUT2D eigenvalue weighted by Crippen LogP contribution is 2.64. The summed E-state index contributed by atoms with van der Waals surface area (Å²) in [5.41, 5.74) is -0.467. The van der Waals surface area contributed by atoms with Crippen molar-refractivity contribution in [3.8, 4) is 0 Å². The lowest BCUT2D eigenvalue weighted by Gasteiger charge is -2.60. The van der Waals surface area contributed by atoms with Crippen LogP contribution in [0.1, 0.15) is 66.7 Å². The summed E-state index contributed by atoms with van der Waals surface area (Å²) in [6, 6.07) is 0. The number of aliphatic hydroxyl groups excluding tert-OH is 1. The average molecular weight is 449 g/mol. The van der Waals surface area contributed by atoms with E-state index >= 15 is 0 Å². The molecule has 178 valence electrons. The van der Waals surface area contributed by atoms with Gasteiger partial charge in [-0.2, -0.15) is 0 Å². The van der Waals surface area contributed by atoms with Gasteiger partial charge in [-0.25, -0.2) is 0 Å². The van der Waals surface area contributed by atoms with E-state index in [0.717, 1.165) is 11.1 Å². The molecule has 1 saturated carbocycles. The van der Waals surface area contributed by atoms with Gasteiger partial charge in [-0.15, -0.1) is 6.58 Å². The minimum absolute atomic E-state index is 0.305. The molecule has 0 heterocycles. The summed E-state index contributed by atoms with van der Waals surface area (Å²) in [7, 11) is 1.37. The van der Waals surface area contributed by atoms with E-state index in [0.29, 0.717) is 32.1 Å². The molecule has 32 heavy (non-hydrogen) atoms. The van der Waals surface area contributed by atoms with Crippen molar-refractivity contribution < 1.29 is 33.7 Å². The summed E-state index contributed by atoms with van der Waals surface area (Å²) in [4.78, 5) is 37.1. The van der Waals surface area contributed by atoms with Gasteiger partial charge in [-0.1, -0.05) is 25.5 Å². The monoisotopic (exact) mass is 448 g/mol. The number of methoxy groups -OCH3 is 1. The third-order valence-electron chi connectivity index (χ3n) is 8.42. The highest BCUT2D eigenvalue weighted by Gasteiger charge is 2.64. The lowest BCUT2D eigenvalue weighted by molar-refractivity contribution is -0.178. The molecule has 1 N–H and O–H groups in total. The maximum atomic E-state index is 12.9. The maximum absolute atomic E-state index is 12.9. The number of hydrogen-bond donors (Lipinski definition) is 1. The van der Waals surface area contributed by atoms with Crippen molar-refractivity contribution in [2.45, 2.75) is 85.0 Å². The second kappa shape index (κ2) is 8.32. The second-order valence-electron chi connectivity index (χ2n) is 10.3. The van der Waals surface area contributed by atoms with E-state index < -0.39 is 46.5 Å². The number of fused-ring (bicyclic) bond motifs is 2. The van der Waals surface area contributed by atoms with Gasteiger partial charge in [-0.05, 0) is 44.9 Å². The van der Waals surface area contributed by atoms with Gasteiger partial charge in [-0.3, -0.25) is 14.4 Å². The summed E-state index contributed by atoms with van der Waals surface area (Å²) >= 11 is 0. The van der Waals surface area contributed by atoms with Crippen LogP contribution in [0.5, 0.6) is 0 Å². The molecular weight excluding hydrogens is 412 g/mol. The van der Waals surface area contributed by atoms with Gasteiger partial charge in [0.25, 0.3) is 0 Å². The van der Waals surface area contributed by atoms with Crippen LogP contribution in [-0.4, -0.2) is 48.4 Å². The molecule has 0 radical (unpaired) electrons. The highest BCUT2D eigenvalue weighted by molar-refractivity contribution is 5.77. The minimum atomic E-state index is -0.838. The minimum Gasteiger partial charge on any atom is -0.469 e. The van der Waals surface area contributed by atoms with E-state index in [1.165, 1.54) is 21.0 Å². The van der Waals surface area contributed by atoms with Gasteiger partial charge in [0.1, 0.15) is 12.2 Å². The Bertz CT molecular complexity index is 860. The van der Waals surface area contributed by atoms with E-state index in [2.05, 4.69) is 6.58 Å². The lowest BCUT2D eigenvalue weighted by Crippen LogP contribution is -2.61. The molecule has 0 aromatic heterocycles. The Balaban J connectivity index is 2.27. The number of carbonyl (C=O) groups is 3. The average Bonchev–Trinajstić information content (AvgIpc) is 2.73. The predicted molar refractivity (Wildman–Crippen MR) is 117 cm³/mol. The first-order valence-corrected chi connectivity index (χ1v) is 11.3. The van der Waals surface area contributed by atoms with Crippen molar-refractivity contribution in [1.29, 1.82) is 0 Å². The molecule has 1 fully saturated rings. The summed E-state index contributed by atoms with van der Waals surface area (Å²) in [5.74, 6) is -1.52. The van der Waals surface area contributed by atoms with Crippen molar-refractivity contribution in [1.82, 2.24) is 0 Å². The highest BCUT2D eigenvalue weighted by atomic mass is 16.6. The molecule has 3 aliphatic rings. The number of esters is 3. The molecule has 0 saturated heterocycles. The van der Waals surface area contributed by atoms with Crippen LogP contribution in [0, 0.1) is 22.2 Å². The first-order valence-electron chi connectivity index (χ1n) is 11.3. The second-order valence-corrected chi connectivity index (χ2v) is 10.3. The fourth-order valence-electron chi connectivity index (χ4n) is 6.55. The molecule has 0 aliphatic heterocycles. The van der Waals surface area contributed by atoms with Crippen LogP contribution in [0.15, 0.2) is 23.8 Å². The molecule has 0 bridgehead atoms. The molecule has 0 aromatic rings. The van der Waals surface area contributed by atoms with Gasteiger partial charge in [0, 0.05) is 30.3 Å². The fourth-order valence-corrected chi connectivity index (χ4v) is 6.55. The maximum Gasteiger partial charge on any atom is 0.311 e. The molecule has 7 atom stereocenters. The molecule has 0 unspecified atom stereocenters. The summed E-state index contributed by atoms with van der Waals surface area (Å²) < 4.78 is 16.8. The summed E-state index contributed by atoms with van der Waals surface area (Å²) in [6.07, 6.45) is 2.32. The molecular formula is C25H36O7. The first-order chi connectivity index (χ1) is 14.8. The molecule has 7 heteroatoms. The fraction of sp³-hybridized carbons (Fsp3) is 0.720. The summed E-state index contributed by atoms with van der Waals surface area (Å²) in [5, 5.41) is 11.3. The van der Waals surface area contributed by atoms with Crippen LogP contribution in [0.25, 0.3) is 0 Å². The molecule has 3 rings (SSSR count). The van der Waals surface area contributed by atoms with Crippen molar-refractivity contribution in [2.24, 2.45) is 22.2 Å². The zero-order valence-corrected chi connectivity index (χ0v) is 20.0. The third-order valence-corrected chi connectivity index (χ3v) is 8.42. The van der Waals surface area contributed by atoms with Crippen LogP contribution >= 0.6 is 0 Å². The zero-order valence-electron chi connectivity index (χ0n) is 20.0. The van der Waals surface area contributed by atoms with Gasteiger partial charge in [0.05, 0.1) is 18.6 Å². The number of aliphatic hydroxyl groups is 1. The van der Waals surface area contributed by atoms with Crippen LogP contribution in [0.4, 0.5) is 0 Å². The smallest absolute Gasteiger partial charge is 0.311 e. The Morgan fingerprint density at radius 1 is 1.09 bits per heavy atom. The largest absolute Gasteiger partial charge is 0.469 e. The Morgan fingerprint density at radius 3 is 2.25 bits per heavy atom. The summed E-state index contributed by atoms with van der Waals surface area (Å²) in [6.45, 7) is 12.5. The normalized spacial score (nSPS) is 41.1. The van der Waals surface area contributed by atoms with Crippen LogP contribution < -0.4 is 0 Å². The Hall–Kier alpha value is -2.15. The van der Waals surface area contributed by atoms with Crippen LogP contribution in [-0.2, 0) is 28.6 Å². The van der Waals surface area contributed by atoms with E-state index in [9.17, 15) is 19.5 Å². The number of hydrogen-bond acceptors (Lipinski definition) is 7. The van der Waals surface area contributed by atoms with E-state index in [-0.39, 0.29) is 11.9 Å². The molecule has 0 spiro atoms. The number of ether oxygens (including phenoxy) is 3. The number of rotatable bonds is 4. The standard InChI is InChI=1S/C25H36O7/c1-8-23(4)11-9-16-20(21(23)32-15(3)27)17(31-14(2)26)13-18-24(5,22(29)30-7)12-10-19(28)25(16,18)6/h8,17-19,21,28H,1,9-13H2,2-7H3/t17-,18+,19+,21-,23-,24-,25-/m1/s1. The first kappa shape index (κ1) is 24.5. The van der Waals surface area contributed by atoms with Crippen molar-refractivity contribution in [2.75, 3.05) is 7.11 Å². The van der Waals surface area contributed by atoms with Crippen molar-refractivity contribution in [3.63, 3.8) is 0 Å². The van der Waals surface area contributed by atoms with Gasteiger partial charge in [0.2, 0.25) is 0 Å².